The third kappa shape index (κ3) is 5.22. The first-order valence-electron chi connectivity index (χ1n) is 8.72. The van der Waals surface area contributed by atoms with Crippen molar-refractivity contribution in [1.82, 2.24) is 19.9 Å². The van der Waals surface area contributed by atoms with Crippen molar-refractivity contribution in [3.8, 4) is 0 Å². The molecule has 154 valence electrons. The van der Waals surface area contributed by atoms with E-state index in [0.29, 0.717) is 0 Å². The standard InChI is InChI=1S/C19H18N6O5.K/c1-9(26)6-19(17(29)30,11-4-2-10(3-5-11)16(27)28)7-12-8-22-15-13(23-12)14(20)24-18(21)25-15;/h2-5,8H,6-7H2,1H3,(H,27,28)(H,29,30)(H4,20,21,22,24,25);/q;+1/p-1. The number of hydrogen-bond acceptors (Lipinski definition) is 10. The summed E-state index contributed by atoms with van der Waals surface area (Å²) in [4.78, 5) is 51.4. The van der Waals surface area contributed by atoms with Crippen molar-refractivity contribution in [2.24, 2.45) is 0 Å². The summed E-state index contributed by atoms with van der Waals surface area (Å²) < 4.78 is 0. The van der Waals surface area contributed by atoms with Crippen LogP contribution in [-0.4, -0.2) is 42.8 Å². The van der Waals surface area contributed by atoms with Crippen molar-refractivity contribution >= 4 is 40.7 Å². The van der Waals surface area contributed by atoms with Crippen LogP contribution in [-0.2, 0) is 21.4 Å². The molecular formula is C19H17KN6O5. The first-order chi connectivity index (χ1) is 14.1. The first-order valence-corrected chi connectivity index (χ1v) is 8.72. The van der Waals surface area contributed by atoms with Crippen LogP contribution >= 0.6 is 0 Å². The van der Waals surface area contributed by atoms with E-state index in [-0.39, 0.29) is 97.6 Å². The van der Waals surface area contributed by atoms with E-state index in [1.54, 1.807) is 0 Å². The van der Waals surface area contributed by atoms with Gasteiger partial charge in [-0.25, -0.2) is 14.8 Å². The number of carboxylic acids is 2. The van der Waals surface area contributed by atoms with Crippen molar-refractivity contribution in [2.75, 3.05) is 11.5 Å². The van der Waals surface area contributed by atoms with E-state index in [1.165, 1.54) is 37.4 Å². The summed E-state index contributed by atoms with van der Waals surface area (Å²) in [5.74, 6) is -3.18. The van der Waals surface area contributed by atoms with E-state index in [0.717, 1.165) is 0 Å². The minimum atomic E-state index is -1.80. The van der Waals surface area contributed by atoms with Gasteiger partial charge >= 0.3 is 57.4 Å². The Balaban J connectivity index is 0.00000341. The number of fused-ring (bicyclic) bond motifs is 1. The van der Waals surface area contributed by atoms with E-state index in [4.69, 9.17) is 16.6 Å². The maximum absolute atomic E-state index is 12.3. The molecule has 1 aromatic carbocycles. The smallest absolute Gasteiger partial charge is 0.549 e. The molecule has 0 bridgehead atoms. The quantitative estimate of drug-likeness (QED) is 0.303. The molecule has 12 heteroatoms. The Bertz CT molecular complexity index is 1170. The fourth-order valence-electron chi connectivity index (χ4n) is 3.26. The maximum Gasteiger partial charge on any atom is 1.00 e. The van der Waals surface area contributed by atoms with E-state index >= 15 is 0 Å². The van der Waals surface area contributed by atoms with Gasteiger partial charge in [-0.3, -0.25) is 4.79 Å². The summed E-state index contributed by atoms with van der Waals surface area (Å²) in [6.07, 6.45) is 0.654. The summed E-state index contributed by atoms with van der Waals surface area (Å²) in [7, 11) is 0. The number of benzene rings is 1. The molecule has 2 heterocycles. The predicted octanol–water partition coefficient (Wildman–Crippen LogP) is -3.50. The fraction of sp³-hybridized carbons (Fsp3) is 0.211. The number of nitrogens with two attached hydrogens (primary N) is 2. The zero-order valence-electron chi connectivity index (χ0n) is 16.8. The van der Waals surface area contributed by atoms with Gasteiger partial charge in [0.15, 0.2) is 17.0 Å². The molecule has 5 N–H and O–H groups in total. The number of carbonyl (C=O) groups excluding carboxylic acids is 2. The molecule has 3 rings (SSSR count). The normalized spacial score (nSPS) is 12.5. The number of anilines is 2. The average molecular weight is 448 g/mol. The van der Waals surface area contributed by atoms with Gasteiger partial charge < -0.3 is 26.5 Å². The zero-order valence-corrected chi connectivity index (χ0v) is 19.9. The predicted molar refractivity (Wildman–Crippen MR) is 103 cm³/mol. The third-order valence-corrected chi connectivity index (χ3v) is 4.61. The fourth-order valence-corrected chi connectivity index (χ4v) is 3.26. The van der Waals surface area contributed by atoms with Crippen LogP contribution in [0.1, 0.15) is 35.0 Å². The number of Topliss-reactive ketones (excluding diaryl/α,β-unsaturated/α-hetero) is 1. The zero-order chi connectivity index (χ0) is 22.1. The van der Waals surface area contributed by atoms with Crippen molar-refractivity contribution in [3.05, 3.63) is 47.3 Å². The topological polar surface area (TPSA) is 198 Å². The van der Waals surface area contributed by atoms with E-state index in [9.17, 15) is 19.5 Å². The summed E-state index contributed by atoms with van der Waals surface area (Å²) >= 11 is 0. The molecule has 1 unspecified atom stereocenters. The second-order valence-electron chi connectivity index (χ2n) is 6.81. The molecule has 0 aliphatic carbocycles. The Labute approximate surface area is 218 Å². The molecule has 11 nitrogen and oxygen atoms in total. The van der Waals surface area contributed by atoms with Crippen LogP contribution in [0.4, 0.5) is 11.8 Å². The van der Waals surface area contributed by atoms with E-state index in [2.05, 4.69) is 19.9 Å². The van der Waals surface area contributed by atoms with Crippen LogP contribution < -0.4 is 68.0 Å². The number of aromatic carboxylic acids is 1. The molecule has 0 saturated heterocycles. The Hall–Kier alpha value is -2.51. The number of aliphatic carboxylic acids is 1. The Morgan fingerprint density at radius 1 is 1.10 bits per heavy atom. The third-order valence-electron chi connectivity index (χ3n) is 4.61. The van der Waals surface area contributed by atoms with Crippen LogP contribution in [0, 0.1) is 0 Å². The van der Waals surface area contributed by atoms with Gasteiger partial charge in [-0.15, -0.1) is 0 Å². The van der Waals surface area contributed by atoms with Crippen LogP contribution in [0.3, 0.4) is 0 Å². The second kappa shape index (κ2) is 9.74. The number of carboxylic acid groups (broad SMARTS) is 2. The van der Waals surface area contributed by atoms with Crippen molar-refractivity contribution < 1.29 is 76.0 Å². The van der Waals surface area contributed by atoms with Crippen molar-refractivity contribution in [2.45, 2.75) is 25.2 Å². The van der Waals surface area contributed by atoms with Gasteiger partial charge in [0, 0.05) is 18.3 Å². The van der Waals surface area contributed by atoms with Crippen LogP contribution in [0.5, 0.6) is 0 Å². The summed E-state index contributed by atoms with van der Waals surface area (Å²) in [6.45, 7) is 1.25. The van der Waals surface area contributed by atoms with Gasteiger partial charge in [0.25, 0.3) is 0 Å². The molecular weight excluding hydrogens is 431 g/mol. The number of rotatable bonds is 7. The Morgan fingerprint density at radius 2 is 1.74 bits per heavy atom. The number of nitrogen functional groups attached to an aromatic ring is 2. The van der Waals surface area contributed by atoms with Gasteiger partial charge in [0.05, 0.1) is 23.4 Å². The van der Waals surface area contributed by atoms with Crippen LogP contribution in [0.2, 0.25) is 0 Å². The summed E-state index contributed by atoms with van der Waals surface area (Å²) in [6, 6.07) is 5.20. The molecule has 0 radical (unpaired) electrons. The van der Waals surface area contributed by atoms with Gasteiger partial charge in [0.1, 0.15) is 5.78 Å². The number of carbonyl (C=O) groups is 3. The van der Waals surface area contributed by atoms with Crippen molar-refractivity contribution in [3.63, 3.8) is 0 Å². The van der Waals surface area contributed by atoms with Gasteiger partial charge in [-0.2, -0.15) is 9.97 Å². The summed E-state index contributed by atoms with van der Waals surface area (Å²) in [5.41, 5.74) is 10.2. The summed E-state index contributed by atoms with van der Waals surface area (Å²) in [5, 5.41) is 21.3. The maximum atomic E-state index is 12.3. The minimum Gasteiger partial charge on any atom is -0.549 e. The molecule has 0 fully saturated rings. The minimum absolute atomic E-state index is 0. The molecule has 0 spiro atoms. The number of ketones is 1. The molecule has 0 saturated carbocycles. The van der Waals surface area contributed by atoms with Gasteiger partial charge in [-0.1, -0.05) is 12.1 Å². The van der Waals surface area contributed by atoms with Crippen molar-refractivity contribution in [1.29, 1.82) is 0 Å². The largest absolute Gasteiger partial charge is 1.00 e. The number of hydrogen-bond donors (Lipinski definition) is 3. The molecule has 1 atom stereocenters. The Kier molecular flexibility index (Phi) is 7.78. The van der Waals surface area contributed by atoms with Crippen LogP contribution in [0.25, 0.3) is 11.2 Å². The molecule has 3 aromatic rings. The molecule has 0 aliphatic rings. The molecule has 31 heavy (non-hydrogen) atoms. The van der Waals surface area contributed by atoms with E-state index < -0.39 is 29.6 Å². The average Bonchev–Trinajstić information content (AvgIpc) is 2.67. The first kappa shape index (κ1) is 24.8. The Morgan fingerprint density at radius 3 is 2.29 bits per heavy atom. The number of aromatic nitrogens is 4. The van der Waals surface area contributed by atoms with E-state index in [1.807, 2.05) is 0 Å². The number of nitrogens with zero attached hydrogens (tertiary/aromatic N) is 4. The van der Waals surface area contributed by atoms with Gasteiger partial charge in [-0.05, 0) is 24.6 Å². The molecule has 0 aliphatic heterocycles. The molecule has 0 amide bonds. The van der Waals surface area contributed by atoms with Crippen LogP contribution in [0.15, 0.2) is 30.5 Å². The SMILES string of the molecule is CC(=O)CC(Cc1cnc2nc(N)nc(N)c2n1)(C(=O)[O-])c1ccc(C(=O)O)cc1.[K+]. The monoisotopic (exact) mass is 448 g/mol. The molecule has 2 aromatic heterocycles. The second-order valence-corrected chi connectivity index (χ2v) is 6.81. The van der Waals surface area contributed by atoms with Gasteiger partial charge in [0.2, 0.25) is 5.95 Å².